The van der Waals surface area contributed by atoms with Crippen LogP contribution < -0.4 is 0 Å². The molecule has 362 valence electrons. The van der Waals surface area contributed by atoms with E-state index in [0.717, 1.165) is 77.0 Å². The van der Waals surface area contributed by atoms with Crippen molar-refractivity contribution >= 4 is 13.8 Å². The predicted octanol–water partition coefficient (Wildman–Crippen LogP) is 14.7. The molecule has 0 saturated heterocycles. The van der Waals surface area contributed by atoms with Crippen LogP contribution in [0.3, 0.4) is 0 Å². The van der Waals surface area contributed by atoms with Gasteiger partial charge in [0.05, 0.1) is 26.4 Å². The quantitative estimate of drug-likeness (QED) is 0.0236. The molecule has 10 heteroatoms. The Labute approximate surface area is 380 Å². The molecule has 0 radical (unpaired) electrons. The summed E-state index contributed by atoms with van der Waals surface area (Å²) in [6.07, 6.45) is 57.5. The van der Waals surface area contributed by atoms with Crippen molar-refractivity contribution in [2.75, 3.05) is 33.0 Å². The maximum absolute atomic E-state index is 12.7. The summed E-state index contributed by atoms with van der Waals surface area (Å²) in [6, 6.07) is 0. The number of hydrogen-bond donors (Lipinski definition) is 3. The van der Waals surface area contributed by atoms with Gasteiger partial charge in [-0.25, -0.2) is 4.57 Å². The number of hydrogen-bond acceptors (Lipinski definition) is 8. The number of allylic oxidation sites excluding steroid dienone is 10. The number of carbonyl (C=O) groups excluding carboxylic acids is 1. The number of aliphatic hydroxyl groups is 2. The normalized spacial score (nSPS) is 14.3. The highest BCUT2D eigenvalue weighted by atomic mass is 31.2. The third-order valence-corrected chi connectivity index (χ3v) is 11.6. The molecule has 0 aromatic rings. The van der Waals surface area contributed by atoms with Crippen molar-refractivity contribution in [2.24, 2.45) is 0 Å². The minimum atomic E-state index is -4.53. The predicted molar refractivity (Wildman–Crippen MR) is 260 cm³/mol. The summed E-state index contributed by atoms with van der Waals surface area (Å²) in [4.78, 5) is 22.7. The van der Waals surface area contributed by atoms with Crippen molar-refractivity contribution in [3.05, 3.63) is 60.8 Å². The highest BCUT2D eigenvalue weighted by molar-refractivity contribution is 7.47. The molecule has 9 nitrogen and oxygen atoms in total. The number of phosphoric acid groups is 1. The summed E-state index contributed by atoms with van der Waals surface area (Å²) in [5.74, 6) is -0.393. The first-order chi connectivity index (χ1) is 30.3. The number of rotatable bonds is 48. The fourth-order valence-electron chi connectivity index (χ4n) is 6.80. The Bertz CT molecular complexity index is 1150. The molecular formula is C52H95O9P. The minimum Gasteiger partial charge on any atom is -0.457 e. The van der Waals surface area contributed by atoms with Gasteiger partial charge in [-0.05, 0) is 83.5 Å². The fraction of sp³-hybridized carbons (Fsp3) is 0.788. The maximum atomic E-state index is 12.7. The van der Waals surface area contributed by atoms with E-state index in [4.69, 9.17) is 23.6 Å². The molecule has 0 aliphatic carbocycles. The van der Waals surface area contributed by atoms with E-state index in [9.17, 15) is 19.4 Å². The van der Waals surface area contributed by atoms with E-state index in [-0.39, 0.29) is 19.6 Å². The van der Waals surface area contributed by atoms with E-state index in [2.05, 4.69) is 74.6 Å². The van der Waals surface area contributed by atoms with E-state index in [1.807, 2.05) is 0 Å². The molecule has 0 aliphatic rings. The lowest BCUT2D eigenvalue weighted by Gasteiger charge is -2.20. The van der Waals surface area contributed by atoms with Crippen molar-refractivity contribution < 1.29 is 43.0 Å². The number of unbranched alkanes of at least 4 members (excludes halogenated alkanes) is 24. The number of carbonyl (C=O) groups is 1. The van der Waals surface area contributed by atoms with Crippen molar-refractivity contribution in [3.63, 3.8) is 0 Å². The van der Waals surface area contributed by atoms with Gasteiger partial charge in [0.1, 0.15) is 12.2 Å². The molecule has 0 fully saturated rings. The Morgan fingerprint density at radius 2 is 0.871 bits per heavy atom. The highest BCUT2D eigenvalue weighted by Gasteiger charge is 2.26. The Hall–Kier alpha value is -1.84. The summed E-state index contributed by atoms with van der Waals surface area (Å²) >= 11 is 0. The SMILES string of the molecule is CCCCC/C=C\C/C=C\CCCCCCCCCC(=O)OC(COCCCCCCCCCCC/C=C\C/C=C\C/C=C\CCCCCCC)COP(=O)(O)OCC(O)CO. The molecule has 0 amide bonds. The molecule has 0 aromatic heterocycles. The third kappa shape index (κ3) is 47.6. The van der Waals surface area contributed by atoms with Crippen molar-refractivity contribution in [3.8, 4) is 0 Å². The molecular weight excluding hydrogens is 800 g/mol. The van der Waals surface area contributed by atoms with Gasteiger partial charge >= 0.3 is 13.8 Å². The van der Waals surface area contributed by atoms with E-state index in [1.54, 1.807) is 0 Å². The lowest BCUT2D eigenvalue weighted by atomic mass is 10.1. The number of aliphatic hydroxyl groups excluding tert-OH is 2. The Balaban J connectivity index is 4.10. The zero-order valence-corrected chi connectivity index (χ0v) is 40.7. The Morgan fingerprint density at radius 1 is 0.500 bits per heavy atom. The second-order valence-electron chi connectivity index (χ2n) is 16.8. The van der Waals surface area contributed by atoms with Gasteiger partial charge < -0.3 is 24.6 Å². The molecule has 3 unspecified atom stereocenters. The van der Waals surface area contributed by atoms with Crippen LogP contribution in [0.5, 0.6) is 0 Å². The highest BCUT2D eigenvalue weighted by Crippen LogP contribution is 2.43. The van der Waals surface area contributed by atoms with Crippen LogP contribution in [0.25, 0.3) is 0 Å². The molecule has 3 N–H and O–H groups in total. The molecule has 0 bridgehead atoms. The first-order valence-electron chi connectivity index (χ1n) is 25.3. The average molecular weight is 895 g/mol. The molecule has 0 spiro atoms. The topological polar surface area (TPSA) is 132 Å². The molecule has 3 atom stereocenters. The Morgan fingerprint density at radius 3 is 1.34 bits per heavy atom. The van der Waals surface area contributed by atoms with Gasteiger partial charge in [0.2, 0.25) is 0 Å². The van der Waals surface area contributed by atoms with Gasteiger partial charge in [0.15, 0.2) is 0 Å². The van der Waals surface area contributed by atoms with Gasteiger partial charge in [-0.2, -0.15) is 0 Å². The second kappa shape index (κ2) is 48.6. The number of ether oxygens (including phenoxy) is 2. The summed E-state index contributed by atoms with van der Waals surface area (Å²) in [5.41, 5.74) is 0. The molecule has 0 rings (SSSR count). The van der Waals surface area contributed by atoms with Crippen LogP contribution >= 0.6 is 7.82 Å². The van der Waals surface area contributed by atoms with Crippen LogP contribution in [0, 0.1) is 0 Å². The van der Waals surface area contributed by atoms with Crippen LogP contribution in [0.15, 0.2) is 60.8 Å². The van der Waals surface area contributed by atoms with Crippen molar-refractivity contribution in [2.45, 2.75) is 232 Å². The van der Waals surface area contributed by atoms with E-state index >= 15 is 0 Å². The standard InChI is InChI=1S/C52H95O9P/c1-3-5-7-9-11-13-15-17-19-21-22-23-24-25-26-27-29-31-33-35-37-39-41-43-45-58-48-51(49-60-62(56,57)59-47-50(54)46-53)61-52(55)44-42-40-38-36-34-32-30-28-20-18-16-14-12-10-8-6-4-2/h12,14-15,17-18,20-22,24-25,50-51,53-54H,3-11,13,16,19,23,26-49H2,1-2H3,(H,56,57)/b14-12-,17-15-,20-18-,22-21-,25-24-. The summed E-state index contributed by atoms with van der Waals surface area (Å²) in [5, 5.41) is 18.4. The van der Waals surface area contributed by atoms with E-state index in [1.165, 1.54) is 122 Å². The van der Waals surface area contributed by atoms with Gasteiger partial charge in [-0.1, -0.05) is 190 Å². The second-order valence-corrected chi connectivity index (χ2v) is 18.3. The van der Waals surface area contributed by atoms with Gasteiger partial charge in [-0.15, -0.1) is 0 Å². The summed E-state index contributed by atoms with van der Waals surface area (Å²) in [6.45, 7) is 3.47. The fourth-order valence-corrected chi connectivity index (χ4v) is 7.59. The Kier molecular flexibility index (Phi) is 47.2. The zero-order chi connectivity index (χ0) is 45.3. The van der Waals surface area contributed by atoms with E-state index in [0.29, 0.717) is 6.61 Å². The first-order valence-corrected chi connectivity index (χ1v) is 26.8. The number of esters is 1. The first kappa shape index (κ1) is 60.2. The molecule has 0 heterocycles. The average Bonchev–Trinajstić information content (AvgIpc) is 3.26. The third-order valence-electron chi connectivity index (χ3n) is 10.7. The molecule has 0 aliphatic heterocycles. The van der Waals surface area contributed by atoms with Gasteiger partial charge in [0, 0.05) is 13.0 Å². The largest absolute Gasteiger partial charge is 0.472 e. The van der Waals surface area contributed by atoms with Crippen LogP contribution in [0.2, 0.25) is 0 Å². The van der Waals surface area contributed by atoms with Crippen molar-refractivity contribution in [1.29, 1.82) is 0 Å². The van der Waals surface area contributed by atoms with Crippen LogP contribution in [0.1, 0.15) is 219 Å². The van der Waals surface area contributed by atoms with Crippen LogP contribution in [-0.4, -0.2) is 66.3 Å². The molecule has 0 aromatic carbocycles. The summed E-state index contributed by atoms with van der Waals surface area (Å²) < 4.78 is 33.5. The maximum Gasteiger partial charge on any atom is 0.472 e. The van der Waals surface area contributed by atoms with Gasteiger partial charge in [-0.3, -0.25) is 13.8 Å². The van der Waals surface area contributed by atoms with Crippen molar-refractivity contribution in [1.82, 2.24) is 0 Å². The van der Waals surface area contributed by atoms with Crippen LogP contribution in [-0.2, 0) is 27.9 Å². The monoisotopic (exact) mass is 895 g/mol. The minimum absolute atomic E-state index is 0.0405. The summed E-state index contributed by atoms with van der Waals surface area (Å²) in [7, 11) is -4.53. The zero-order valence-electron chi connectivity index (χ0n) is 39.8. The number of phosphoric ester groups is 1. The molecule has 0 saturated carbocycles. The smallest absolute Gasteiger partial charge is 0.457 e. The van der Waals surface area contributed by atoms with E-state index < -0.39 is 39.2 Å². The lowest BCUT2D eigenvalue weighted by molar-refractivity contribution is -0.154. The molecule has 62 heavy (non-hydrogen) atoms. The van der Waals surface area contributed by atoms with Gasteiger partial charge in [0.25, 0.3) is 0 Å². The van der Waals surface area contributed by atoms with Crippen LogP contribution in [0.4, 0.5) is 0 Å². The lowest BCUT2D eigenvalue weighted by Crippen LogP contribution is -2.29.